The molecule has 0 unspecified atom stereocenters. The van der Waals surface area contributed by atoms with Crippen molar-refractivity contribution in [2.24, 2.45) is 0 Å². The van der Waals surface area contributed by atoms with E-state index >= 15 is 0 Å². The molecule has 0 aliphatic carbocycles. The summed E-state index contributed by atoms with van der Waals surface area (Å²) in [5.41, 5.74) is 3.29. The van der Waals surface area contributed by atoms with Crippen LogP contribution in [0, 0.1) is 5.82 Å². The van der Waals surface area contributed by atoms with E-state index in [1.165, 1.54) is 12.3 Å². The average Bonchev–Trinajstić information content (AvgIpc) is 2.84. The molecule has 1 fully saturated rings. The Labute approximate surface area is 209 Å². The number of pyridine rings is 3. The van der Waals surface area contributed by atoms with Crippen molar-refractivity contribution in [1.29, 1.82) is 0 Å². The maximum Gasteiger partial charge on any atom is 0.259 e. The third-order valence-electron chi connectivity index (χ3n) is 6.68. The first kappa shape index (κ1) is 23.9. The quantitative estimate of drug-likeness (QED) is 0.370. The van der Waals surface area contributed by atoms with E-state index in [0.717, 1.165) is 37.2 Å². The lowest BCUT2D eigenvalue weighted by Crippen LogP contribution is -2.35. The van der Waals surface area contributed by atoms with E-state index in [9.17, 15) is 14.3 Å². The van der Waals surface area contributed by atoms with Crippen LogP contribution in [-0.2, 0) is 5.41 Å². The van der Waals surface area contributed by atoms with Gasteiger partial charge in [0.05, 0.1) is 40.3 Å². The predicted octanol–water partition coefficient (Wildman–Crippen LogP) is 5.13. The highest BCUT2D eigenvalue weighted by Crippen LogP contribution is 2.33. The molecule has 0 spiro atoms. The molecule has 3 aromatic heterocycles. The molecule has 0 radical (unpaired) electrons. The molecule has 1 saturated heterocycles. The molecule has 3 N–H and O–H groups in total. The SMILES string of the molecule is CC(C)(C)c1ccc(F)c(-c2cc(Nc3ccc(N4CCC(O)CC4)cn3)c3c(=O)[nH]ccc3n2)c1. The van der Waals surface area contributed by atoms with Crippen LogP contribution in [0.4, 0.5) is 21.6 Å². The number of H-pyrrole nitrogens is 1. The van der Waals surface area contributed by atoms with Crippen LogP contribution in [0.2, 0.25) is 0 Å². The number of aliphatic hydroxyl groups is 1. The Hall–Kier alpha value is -3.78. The molecule has 7 nitrogen and oxygen atoms in total. The van der Waals surface area contributed by atoms with Crippen LogP contribution in [0.25, 0.3) is 22.2 Å². The third-order valence-corrected chi connectivity index (χ3v) is 6.68. The Bertz CT molecular complexity index is 1450. The van der Waals surface area contributed by atoms with Gasteiger partial charge < -0.3 is 20.3 Å². The van der Waals surface area contributed by atoms with Gasteiger partial charge in [-0.25, -0.2) is 14.4 Å². The molecule has 5 rings (SSSR count). The first-order chi connectivity index (χ1) is 17.2. The number of piperidine rings is 1. The van der Waals surface area contributed by atoms with Gasteiger partial charge in [0.1, 0.15) is 11.6 Å². The monoisotopic (exact) mass is 487 g/mol. The van der Waals surface area contributed by atoms with Crippen LogP contribution < -0.4 is 15.8 Å². The molecule has 1 aliphatic heterocycles. The molecule has 0 bridgehead atoms. The topological polar surface area (TPSA) is 94.1 Å². The normalized spacial score (nSPS) is 14.9. The summed E-state index contributed by atoms with van der Waals surface area (Å²) in [5.74, 6) is 0.182. The van der Waals surface area contributed by atoms with Gasteiger partial charge in [-0.2, -0.15) is 0 Å². The highest BCUT2D eigenvalue weighted by atomic mass is 19.1. The maximum atomic E-state index is 15.0. The van der Waals surface area contributed by atoms with Crippen LogP contribution in [0.15, 0.2) is 59.7 Å². The van der Waals surface area contributed by atoms with Gasteiger partial charge in [0, 0.05) is 24.8 Å². The van der Waals surface area contributed by atoms with Crippen molar-refractivity contribution in [2.45, 2.75) is 45.1 Å². The molecular formula is C28H30FN5O2. The Morgan fingerprint density at radius 3 is 2.58 bits per heavy atom. The van der Waals surface area contributed by atoms with Crippen LogP contribution >= 0.6 is 0 Å². The maximum absolute atomic E-state index is 15.0. The lowest BCUT2D eigenvalue weighted by molar-refractivity contribution is 0.145. The molecule has 4 heterocycles. The summed E-state index contributed by atoms with van der Waals surface area (Å²) in [4.78, 5) is 26.8. The Morgan fingerprint density at radius 1 is 1.11 bits per heavy atom. The van der Waals surface area contributed by atoms with E-state index < -0.39 is 0 Å². The molecule has 0 atom stereocenters. The minimum absolute atomic E-state index is 0.157. The van der Waals surface area contributed by atoms with Crippen LogP contribution in [-0.4, -0.2) is 39.3 Å². The number of nitrogens with one attached hydrogen (secondary N) is 2. The largest absolute Gasteiger partial charge is 0.393 e. The Balaban J connectivity index is 1.53. The van der Waals surface area contributed by atoms with E-state index in [4.69, 9.17) is 0 Å². The van der Waals surface area contributed by atoms with Gasteiger partial charge in [-0.1, -0.05) is 26.8 Å². The third kappa shape index (κ3) is 4.81. The number of benzene rings is 1. The van der Waals surface area contributed by atoms with E-state index in [1.54, 1.807) is 24.4 Å². The summed E-state index contributed by atoms with van der Waals surface area (Å²) >= 11 is 0. The van der Waals surface area contributed by atoms with Crippen molar-refractivity contribution in [3.8, 4) is 11.3 Å². The Kier molecular flexibility index (Phi) is 6.22. The van der Waals surface area contributed by atoms with Crippen LogP contribution in [0.5, 0.6) is 0 Å². The van der Waals surface area contributed by atoms with Gasteiger partial charge in [-0.15, -0.1) is 0 Å². The van der Waals surface area contributed by atoms with Gasteiger partial charge in [0.25, 0.3) is 5.56 Å². The number of aromatic nitrogens is 3. The van der Waals surface area contributed by atoms with Crippen molar-refractivity contribution in [3.05, 3.63) is 76.6 Å². The zero-order valence-corrected chi connectivity index (χ0v) is 20.7. The highest BCUT2D eigenvalue weighted by molar-refractivity contribution is 5.94. The fourth-order valence-corrected chi connectivity index (χ4v) is 4.53. The lowest BCUT2D eigenvalue weighted by Gasteiger charge is -2.31. The summed E-state index contributed by atoms with van der Waals surface area (Å²) in [5, 5.41) is 13.4. The number of aliphatic hydroxyl groups excluding tert-OH is 1. The molecule has 0 amide bonds. The van der Waals surface area contributed by atoms with Crippen molar-refractivity contribution in [1.82, 2.24) is 15.0 Å². The zero-order chi connectivity index (χ0) is 25.4. The molecule has 1 aromatic carbocycles. The Morgan fingerprint density at radius 2 is 1.89 bits per heavy atom. The van der Waals surface area contributed by atoms with Crippen LogP contribution in [0.1, 0.15) is 39.2 Å². The minimum Gasteiger partial charge on any atom is -0.393 e. The molecule has 0 saturated carbocycles. The second-order valence-corrected chi connectivity index (χ2v) is 10.3. The van der Waals surface area contributed by atoms with Crippen LogP contribution in [0.3, 0.4) is 0 Å². The van der Waals surface area contributed by atoms with E-state index in [-0.39, 0.29) is 22.9 Å². The first-order valence-corrected chi connectivity index (χ1v) is 12.2. The zero-order valence-electron chi connectivity index (χ0n) is 20.7. The fraction of sp³-hybridized carbons (Fsp3) is 0.321. The molecular weight excluding hydrogens is 457 g/mol. The van der Waals surface area contributed by atoms with Gasteiger partial charge >= 0.3 is 0 Å². The first-order valence-electron chi connectivity index (χ1n) is 12.2. The number of nitrogens with zero attached hydrogens (tertiary/aromatic N) is 3. The second kappa shape index (κ2) is 9.35. The number of anilines is 3. The predicted molar refractivity (Wildman–Crippen MR) is 141 cm³/mol. The van der Waals surface area contributed by atoms with Crippen molar-refractivity contribution in [3.63, 3.8) is 0 Å². The summed E-state index contributed by atoms with van der Waals surface area (Å²) < 4.78 is 15.0. The molecule has 1 aliphatic rings. The van der Waals surface area contributed by atoms with Crippen molar-refractivity contribution in [2.75, 3.05) is 23.3 Å². The van der Waals surface area contributed by atoms with E-state index in [0.29, 0.717) is 33.7 Å². The standard InChI is InChI=1S/C28H30FN5O2/c1-28(2,3)17-4-6-21(29)20(14-17)23-15-24(26-22(32-23)8-11-30-27(26)36)33-25-7-5-18(16-31-25)34-12-9-19(35)10-13-34/h4-8,11,14-16,19,35H,9-10,12-13H2,1-3H3,(H,30,36)(H,31,32,33). The number of aromatic amines is 1. The van der Waals surface area contributed by atoms with Gasteiger partial charge in [0.2, 0.25) is 0 Å². The molecule has 186 valence electrons. The second-order valence-electron chi connectivity index (χ2n) is 10.3. The highest BCUT2D eigenvalue weighted by Gasteiger charge is 2.20. The smallest absolute Gasteiger partial charge is 0.259 e. The van der Waals surface area contributed by atoms with Gasteiger partial charge in [0.15, 0.2) is 0 Å². The number of halogens is 1. The number of fused-ring (bicyclic) bond motifs is 1. The van der Waals surface area contributed by atoms with Crippen molar-refractivity contribution < 1.29 is 9.50 Å². The summed E-state index contributed by atoms with van der Waals surface area (Å²) in [6.45, 7) is 7.79. The molecule has 8 heteroatoms. The van der Waals surface area contributed by atoms with Crippen molar-refractivity contribution >= 4 is 28.1 Å². The molecule has 36 heavy (non-hydrogen) atoms. The molecule has 4 aromatic rings. The van der Waals surface area contributed by atoms with E-state index in [1.807, 2.05) is 18.2 Å². The summed E-state index contributed by atoms with van der Waals surface area (Å²) in [6.07, 6.45) is 4.55. The number of rotatable bonds is 4. The number of hydrogen-bond acceptors (Lipinski definition) is 6. The average molecular weight is 488 g/mol. The van der Waals surface area contributed by atoms with E-state index in [2.05, 4.69) is 45.9 Å². The number of hydrogen-bond donors (Lipinski definition) is 3. The minimum atomic E-state index is -0.375. The lowest BCUT2D eigenvalue weighted by atomic mass is 9.85. The summed E-state index contributed by atoms with van der Waals surface area (Å²) in [7, 11) is 0. The summed E-state index contributed by atoms with van der Waals surface area (Å²) in [6, 6.07) is 12.3. The van der Waals surface area contributed by atoms with Gasteiger partial charge in [-0.05, 0) is 60.2 Å². The van der Waals surface area contributed by atoms with Gasteiger partial charge in [-0.3, -0.25) is 4.79 Å². The fourth-order valence-electron chi connectivity index (χ4n) is 4.53.